The quantitative estimate of drug-likeness (QED) is 0.792. The summed E-state index contributed by atoms with van der Waals surface area (Å²) in [5.74, 6) is 0.482. The van der Waals surface area contributed by atoms with E-state index in [0.29, 0.717) is 5.82 Å². The van der Waals surface area contributed by atoms with Gasteiger partial charge >= 0.3 is 0 Å². The van der Waals surface area contributed by atoms with E-state index in [9.17, 15) is 8.42 Å². The summed E-state index contributed by atoms with van der Waals surface area (Å²) in [5.41, 5.74) is 2.98. The zero-order chi connectivity index (χ0) is 13.5. The molecule has 0 amide bonds. The van der Waals surface area contributed by atoms with Crippen molar-refractivity contribution in [1.29, 1.82) is 0 Å². The number of hydrogen-bond acceptors (Lipinski definition) is 4. The molecular formula is C11H12ClN3O2S. The van der Waals surface area contributed by atoms with Gasteiger partial charge in [0.05, 0.1) is 0 Å². The molecule has 2 rings (SSSR count). The maximum Gasteiger partial charge on any atom is 0.296 e. The Morgan fingerprint density at radius 1 is 1.22 bits per heavy atom. The molecule has 0 aliphatic heterocycles. The molecule has 0 atom stereocenters. The molecule has 0 fully saturated rings. The van der Waals surface area contributed by atoms with E-state index in [0.717, 1.165) is 16.7 Å². The predicted molar refractivity (Wildman–Crippen MR) is 69.0 cm³/mol. The van der Waals surface area contributed by atoms with Crippen molar-refractivity contribution in [2.45, 2.75) is 19.0 Å². The molecule has 7 heteroatoms. The Labute approximate surface area is 110 Å². The van der Waals surface area contributed by atoms with E-state index in [-0.39, 0.29) is 5.16 Å². The number of aryl methyl sites for hydroxylation is 1. The summed E-state index contributed by atoms with van der Waals surface area (Å²) in [6.45, 7) is 3.93. The Kier molecular flexibility index (Phi) is 3.16. The number of hydrogen-bond donors (Lipinski definition) is 0. The van der Waals surface area contributed by atoms with E-state index in [1.807, 2.05) is 32.0 Å². The third-order valence-electron chi connectivity index (χ3n) is 2.90. The molecule has 0 radical (unpaired) electrons. The van der Waals surface area contributed by atoms with Gasteiger partial charge in [-0.15, -0.1) is 10.2 Å². The standard InChI is InChI=1S/C11H12ClN3O2S/c1-7-5-4-6-9(8(7)2)10-13-14-11(15(10)3)18(12,16)17/h4-6H,1-3H3. The summed E-state index contributed by atoms with van der Waals surface area (Å²) >= 11 is 0. The van der Waals surface area contributed by atoms with Crippen molar-refractivity contribution in [3.8, 4) is 11.4 Å². The minimum atomic E-state index is -3.88. The van der Waals surface area contributed by atoms with Crippen LogP contribution in [0.15, 0.2) is 23.4 Å². The molecule has 5 nitrogen and oxygen atoms in total. The van der Waals surface area contributed by atoms with Gasteiger partial charge in [-0.2, -0.15) is 0 Å². The molecule has 96 valence electrons. The summed E-state index contributed by atoms with van der Waals surface area (Å²) in [7, 11) is 2.98. The highest BCUT2D eigenvalue weighted by Gasteiger charge is 2.21. The molecule has 2 aromatic rings. The molecule has 0 aliphatic rings. The zero-order valence-corrected chi connectivity index (χ0v) is 11.7. The van der Waals surface area contributed by atoms with Crippen molar-refractivity contribution in [3.05, 3.63) is 29.3 Å². The molecule has 18 heavy (non-hydrogen) atoms. The minimum Gasteiger partial charge on any atom is -0.300 e. The van der Waals surface area contributed by atoms with Crippen LogP contribution >= 0.6 is 10.7 Å². The van der Waals surface area contributed by atoms with E-state index >= 15 is 0 Å². The lowest BCUT2D eigenvalue weighted by Gasteiger charge is -2.07. The molecule has 0 spiro atoms. The molecule has 1 aromatic carbocycles. The number of halogens is 1. The minimum absolute atomic E-state index is 0.250. The first-order chi connectivity index (χ1) is 8.32. The molecular weight excluding hydrogens is 274 g/mol. The highest BCUT2D eigenvalue weighted by Crippen LogP contribution is 2.25. The predicted octanol–water partition coefficient (Wildman–Crippen LogP) is 2.03. The third-order valence-corrected chi connectivity index (χ3v) is 4.10. The lowest BCUT2D eigenvalue weighted by molar-refractivity contribution is 0.593. The topological polar surface area (TPSA) is 64.8 Å². The van der Waals surface area contributed by atoms with Crippen LogP contribution in [-0.4, -0.2) is 23.2 Å². The van der Waals surface area contributed by atoms with Gasteiger partial charge in [-0.25, -0.2) is 8.42 Å². The summed E-state index contributed by atoms with van der Waals surface area (Å²) in [6.07, 6.45) is 0. The highest BCUT2D eigenvalue weighted by atomic mass is 35.7. The number of nitrogens with zero attached hydrogens (tertiary/aromatic N) is 3. The van der Waals surface area contributed by atoms with Crippen LogP contribution < -0.4 is 0 Å². The number of aromatic nitrogens is 3. The Balaban J connectivity index is 2.67. The molecule has 1 aromatic heterocycles. The lowest BCUT2D eigenvalue weighted by atomic mass is 10.0. The largest absolute Gasteiger partial charge is 0.300 e. The molecule has 1 heterocycles. The van der Waals surface area contributed by atoms with Crippen LogP contribution in [0.4, 0.5) is 0 Å². The van der Waals surface area contributed by atoms with E-state index in [1.165, 1.54) is 4.57 Å². The molecule has 0 unspecified atom stereocenters. The Hall–Kier alpha value is -1.40. The van der Waals surface area contributed by atoms with Crippen LogP contribution in [0.25, 0.3) is 11.4 Å². The van der Waals surface area contributed by atoms with Gasteiger partial charge in [-0.3, -0.25) is 4.57 Å². The summed E-state index contributed by atoms with van der Waals surface area (Å²) in [4.78, 5) is 0. The fraction of sp³-hybridized carbons (Fsp3) is 0.273. The van der Waals surface area contributed by atoms with Gasteiger partial charge in [0.1, 0.15) is 0 Å². The third kappa shape index (κ3) is 2.13. The van der Waals surface area contributed by atoms with Gasteiger partial charge in [0.15, 0.2) is 5.82 Å². The Morgan fingerprint density at radius 2 is 1.89 bits per heavy atom. The van der Waals surface area contributed by atoms with Crippen molar-refractivity contribution in [3.63, 3.8) is 0 Å². The van der Waals surface area contributed by atoms with Crippen LogP contribution in [0.2, 0.25) is 0 Å². The molecule has 0 saturated carbocycles. The number of benzene rings is 1. The van der Waals surface area contributed by atoms with E-state index < -0.39 is 9.05 Å². The van der Waals surface area contributed by atoms with Gasteiger partial charge < -0.3 is 0 Å². The second-order valence-electron chi connectivity index (χ2n) is 4.05. The maximum absolute atomic E-state index is 11.3. The monoisotopic (exact) mass is 285 g/mol. The average molecular weight is 286 g/mol. The van der Waals surface area contributed by atoms with E-state index in [2.05, 4.69) is 10.2 Å². The fourth-order valence-corrected chi connectivity index (χ4v) is 2.71. The molecule has 0 bridgehead atoms. The van der Waals surface area contributed by atoms with Crippen LogP contribution in [-0.2, 0) is 16.1 Å². The zero-order valence-electron chi connectivity index (χ0n) is 10.2. The lowest BCUT2D eigenvalue weighted by Crippen LogP contribution is -2.03. The molecule has 0 aliphatic carbocycles. The summed E-state index contributed by atoms with van der Waals surface area (Å²) < 4.78 is 24.0. The van der Waals surface area contributed by atoms with Crippen molar-refractivity contribution >= 4 is 19.7 Å². The van der Waals surface area contributed by atoms with Gasteiger partial charge in [0, 0.05) is 23.3 Å². The van der Waals surface area contributed by atoms with Crippen molar-refractivity contribution in [2.24, 2.45) is 7.05 Å². The van der Waals surface area contributed by atoms with Gasteiger partial charge in [0.25, 0.3) is 14.2 Å². The van der Waals surface area contributed by atoms with Gasteiger partial charge in [0.2, 0.25) is 0 Å². The van der Waals surface area contributed by atoms with Crippen molar-refractivity contribution < 1.29 is 8.42 Å². The van der Waals surface area contributed by atoms with Crippen LogP contribution in [0.3, 0.4) is 0 Å². The smallest absolute Gasteiger partial charge is 0.296 e. The van der Waals surface area contributed by atoms with Crippen LogP contribution in [0, 0.1) is 13.8 Å². The first kappa shape index (κ1) is 13.0. The number of rotatable bonds is 2. The van der Waals surface area contributed by atoms with E-state index in [4.69, 9.17) is 10.7 Å². The van der Waals surface area contributed by atoms with Crippen molar-refractivity contribution in [1.82, 2.24) is 14.8 Å². The van der Waals surface area contributed by atoms with Gasteiger partial charge in [-0.1, -0.05) is 18.2 Å². The van der Waals surface area contributed by atoms with Crippen LogP contribution in [0.1, 0.15) is 11.1 Å². The highest BCUT2D eigenvalue weighted by molar-refractivity contribution is 8.13. The first-order valence-corrected chi connectivity index (χ1v) is 7.54. The SMILES string of the molecule is Cc1cccc(-c2nnc(S(=O)(=O)Cl)n2C)c1C. The Morgan fingerprint density at radius 3 is 2.44 bits per heavy atom. The van der Waals surface area contributed by atoms with Gasteiger partial charge in [-0.05, 0) is 25.0 Å². The fourth-order valence-electron chi connectivity index (χ4n) is 1.76. The molecule has 0 saturated heterocycles. The molecule has 0 N–H and O–H groups in total. The summed E-state index contributed by atoms with van der Waals surface area (Å²) in [5, 5.41) is 7.28. The Bertz CT molecular complexity index is 707. The summed E-state index contributed by atoms with van der Waals surface area (Å²) in [6, 6.07) is 5.74. The normalized spacial score (nSPS) is 11.8. The van der Waals surface area contributed by atoms with E-state index in [1.54, 1.807) is 7.05 Å². The average Bonchev–Trinajstić information content (AvgIpc) is 2.64. The first-order valence-electron chi connectivity index (χ1n) is 5.23. The second-order valence-corrected chi connectivity index (χ2v) is 6.51. The maximum atomic E-state index is 11.3. The van der Waals surface area contributed by atoms with Crippen molar-refractivity contribution in [2.75, 3.05) is 0 Å². The van der Waals surface area contributed by atoms with Crippen LogP contribution in [0.5, 0.6) is 0 Å². The second kappa shape index (κ2) is 4.37.